The van der Waals surface area contributed by atoms with Gasteiger partial charge in [0.05, 0.1) is 16.1 Å². The molecule has 2 aromatic carbocycles. The smallest absolute Gasteiger partial charge is 0.338 e. The molecule has 0 N–H and O–H groups in total. The van der Waals surface area contributed by atoms with Crippen molar-refractivity contribution in [3.63, 3.8) is 0 Å². The standard InChI is InChI=1S/C20H21NO5S2/c1-14-11-12-21(17-5-3-4-6-18(17)27-14)19(22)13-26-20(23)15-7-9-16(10-8-15)28(2,24)25/h3-10,14H,11-13H2,1-2H3. The first kappa shape index (κ1) is 20.4. The van der Waals surface area contributed by atoms with Gasteiger partial charge in [0.2, 0.25) is 0 Å². The maximum atomic E-state index is 12.7. The Balaban J connectivity index is 1.68. The molecule has 0 aliphatic carbocycles. The van der Waals surface area contributed by atoms with Crippen LogP contribution in [0.15, 0.2) is 58.3 Å². The largest absolute Gasteiger partial charge is 0.452 e. The lowest BCUT2D eigenvalue weighted by atomic mass is 10.2. The zero-order chi connectivity index (χ0) is 20.3. The number of ether oxygens (including phenoxy) is 1. The summed E-state index contributed by atoms with van der Waals surface area (Å²) >= 11 is 1.73. The highest BCUT2D eigenvalue weighted by atomic mass is 32.2. The van der Waals surface area contributed by atoms with Gasteiger partial charge >= 0.3 is 5.97 Å². The van der Waals surface area contributed by atoms with E-state index in [9.17, 15) is 18.0 Å². The van der Waals surface area contributed by atoms with Crippen molar-refractivity contribution in [2.24, 2.45) is 0 Å². The van der Waals surface area contributed by atoms with E-state index in [1.165, 1.54) is 24.3 Å². The Morgan fingerprint density at radius 2 is 1.82 bits per heavy atom. The van der Waals surface area contributed by atoms with E-state index in [0.29, 0.717) is 11.8 Å². The fourth-order valence-electron chi connectivity index (χ4n) is 2.87. The van der Waals surface area contributed by atoms with Gasteiger partial charge in [0.1, 0.15) is 0 Å². The van der Waals surface area contributed by atoms with Gasteiger partial charge in [-0.15, -0.1) is 11.8 Å². The molecule has 0 fully saturated rings. The summed E-state index contributed by atoms with van der Waals surface area (Å²) in [6.45, 7) is 2.31. The Morgan fingerprint density at radius 1 is 1.14 bits per heavy atom. The van der Waals surface area contributed by atoms with Gasteiger partial charge < -0.3 is 9.64 Å². The van der Waals surface area contributed by atoms with Crippen molar-refractivity contribution in [3.05, 3.63) is 54.1 Å². The van der Waals surface area contributed by atoms with Crippen molar-refractivity contribution < 1.29 is 22.7 Å². The van der Waals surface area contributed by atoms with E-state index in [2.05, 4.69) is 6.92 Å². The number of anilines is 1. The normalized spacial score (nSPS) is 16.8. The Labute approximate surface area is 168 Å². The molecule has 0 saturated carbocycles. The van der Waals surface area contributed by atoms with Gasteiger partial charge in [0.25, 0.3) is 5.91 Å². The maximum absolute atomic E-state index is 12.7. The van der Waals surface area contributed by atoms with Gasteiger partial charge in [-0.25, -0.2) is 13.2 Å². The number of hydrogen-bond acceptors (Lipinski definition) is 6. The summed E-state index contributed by atoms with van der Waals surface area (Å²) in [5, 5.41) is 0.384. The number of amides is 1. The first-order chi connectivity index (χ1) is 13.3. The Kier molecular flexibility index (Phi) is 6.10. The molecule has 0 radical (unpaired) electrons. The number of sulfone groups is 1. The number of esters is 1. The third-order valence-corrected chi connectivity index (χ3v) is 6.76. The second-order valence-corrected chi connectivity index (χ2v) is 10.1. The number of benzene rings is 2. The fraction of sp³-hybridized carbons (Fsp3) is 0.300. The number of carbonyl (C=O) groups is 2. The molecule has 0 aromatic heterocycles. The average molecular weight is 420 g/mol. The van der Waals surface area contributed by atoms with E-state index in [1.807, 2.05) is 24.3 Å². The Bertz CT molecular complexity index is 986. The Hall–Kier alpha value is -2.32. The molecule has 0 bridgehead atoms. The van der Waals surface area contributed by atoms with Crippen LogP contribution in [-0.2, 0) is 19.4 Å². The zero-order valence-electron chi connectivity index (χ0n) is 15.6. The van der Waals surface area contributed by atoms with Crippen molar-refractivity contribution in [3.8, 4) is 0 Å². The summed E-state index contributed by atoms with van der Waals surface area (Å²) in [7, 11) is -3.34. The summed E-state index contributed by atoms with van der Waals surface area (Å²) in [4.78, 5) is 27.7. The van der Waals surface area contributed by atoms with E-state index in [4.69, 9.17) is 4.74 Å². The molecule has 28 heavy (non-hydrogen) atoms. The van der Waals surface area contributed by atoms with E-state index in [-0.39, 0.29) is 23.0 Å². The molecule has 148 valence electrons. The fourth-order valence-corrected chi connectivity index (χ4v) is 4.62. The predicted octanol–water partition coefficient (Wildman–Crippen LogP) is 3.16. The third kappa shape index (κ3) is 4.74. The number of fused-ring (bicyclic) bond motifs is 1. The summed E-state index contributed by atoms with van der Waals surface area (Å²) in [5.74, 6) is -0.956. The highest BCUT2D eigenvalue weighted by molar-refractivity contribution is 8.00. The molecule has 6 nitrogen and oxygen atoms in total. The van der Waals surface area contributed by atoms with Crippen LogP contribution in [0.5, 0.6) is 0 Å². The van der Waals surface area contributed by atoms with Crippen LogP contribution in [-0.4, -0.2) is 45.0 Å². The first-order valence-corrected chi connectivity index (χ1v) is 11.6. The number of nitrogens with zero attached hydrogens (tertiary/aromatic N) is 1. The molecule has 1 heterocycles. The van der Waals surface area contributed by atoms with Crippen LogP contribution in [0.2, 0.25) is 0 Å². The molecule has 3 rings (SSSR count). The van der Waals surface area contributed by atoms with Crippen LogP contribution in [0.1, 0.15) is 23.7 Å². The van der Waals surface area contributed by atoms with Gasteiger partial charge in [-0.1, -0.05) is 19.1 Å². The van der Waals surface area contributed by atoms with Gasteiger partial charge in [0.15, 0.2) is 16.4 Å². The van der Waals surface area contributed by atoms with Crippen LogP contribution in [0.4, 0.5) is 5.69 Å². The van der Waals surface area contributed by atoms with Gasteiger partial charge in [-0.3, -0.25) is 4.79 Å². The quantitative estimate of drug-likeness (QED) is 0.708. The van der Waals surface area contributed by atoms with Crippen molar-refractivity contribution in [2.45, 2.75) is 28.4 Å². The predicted molar refractivity (Wildman–Crippen MR) is 109 cm³/mol. The number of rotatable bonds is 4. The lowest BCUT2D eigenvalue weighted by molar-refractivity contribution is -0.121. The molecule has 2 aromatic rings. The minimum atomic E-state index is -3.34. The molecule has 0 saturated heterocycles. The number of carbonyl (C=O) groups excluding carboxylic acids is 2. The molecule has 0 spiro atoms. The van der Waals surface area contributed by atoms with Crippen molar-refractivity contribution in [1.29, 1.82) is 0 Å². The molecule has 1 atom stereocenters. The molecule has 8 heteroatoms. The summed E-state index contributed by atoms with van der Waals surface area (Å²) in [6, 6.07) is 13.1. The summed E-state index contributed by atoms with van der Waals surface area (Å²) in [6.07, 6.45) is 1.93. The molecule has 1 aliphatic rings. The third-order valence-electron chi connectivity index (χ3n) is 4.39. The van der Waals surface area contributed by atoms with Crippen molar-refractivity contribution >= 4 is 39.2 Å². The van der Waals surface area contributed by atoms with Gasteiger partial charge in [-0.2, -0.15) is 0 Å². The summed E-state index contributed by atoms with van der Waals surface area (Å²) < 4.78 is 28.1. The van der Waals surface area contributed by atoms with Gasteiger partial charge in [0, 0.05) is 22.9 Å². The van der Waals surface area contributed by atoms with Crippen LogP contribution >= 0.6 is 11.8 Å². The Morgan fingerprint density at radius 3 is 2.50 bits per heavy atom. The monoisotopic (exact) mass is 419 g/mol. The maximum Gasteiger partial charge on any atom is 0.338 e. The van der Waals surface area contributed by atoms with E-state index in [1.54, 1.807) is 16.7 Å². The highest BCUT2D eigenvalue weighted by Crippen LogP contribution is 2.37. The van der Waals surface area contributed by atoms with E-state index < -0.39 is 15.8 Å². The van der Waals surface area contributed by atoms with Crippen LogP contribution in [0.3, 0.4) is 0 Å². The SMILES string of the molecule is CC1CCN(C(=O)COC(=O)c2ccc(S(C)(=O)=O)cc2)c2ccccc2S1. The second-order valence-electron chi connectivity index (χ2n) is 6.60. The van der Waals surface area contributed by atoms with Crippen LogP contribution in [0, 0.1) is 0 Å². The van der Waals surface area contributed by atoms with E-state index in [0.717, 1.165) is 23.3 Å². The molecule has 1 amide bonds. The van der Waals surface area contributed by atoms with Gasteiger partial charge in [-0.05, 0) is 42.8 Å². The molecule has 1 unspecified atom stereocenters. The van der Waals surface area contributed by atoms with E-state index >= 15 is 0 Å². The number of para-hydroxylation sites is 1. The zero-order valence-corrected chi connectivity index (χ0v) is 17.3. The minimum Gasteiger partial charge on any atom is -0.452 e. The number of hydrogen-bond donors (Lipinski definition) is 0. The van der Waals surface area contributed by atoms with Crippen LogP contribution in [0.25, 0.3) is 0 Å². The minimum absolute atomic E-state index is 0.118. The topological polar surface area (TPSA) is 80.8 Å². The first-order valence-electron chi connectivity index (χ1n) is 8.79. The van der Waals surface area contributed by atoms with Crippen molar-refractivity contribution in [2.75, 3.05) is 24.3 Å². The van der Waals surface area contributed by atoms with Crippen LogP contribution < -0.4 is 4.90 Å². The lowest BCUT2D eigenvalue weighted by Gasteiger charge is -2.22. The number of thioether (sulfide) groups is 1. The summed E-state index contributed by atoms with van der Waals surface area (Å²) in [5.41, 5.74) is 1.02. The highest BCUT2D eigenvalue weighted by Gasteiger charge is 2.25. The molecule has 1 aliphatic heterocycles. The van der Waals surface area contributed by atoms with Crippen molar-refractivity contribution in [1.82, 2.24) is 0 Å². The lowest BCUT2D eigenvalue weighted by Crippen LogP contribution is -2.35. The average Bonchev–Trinajstić information content (AvgIpc) is 2.83. The molecular weight excluding hydrogens is 398 g/mol. The molecular formula is C20H21NO5S2. The second kappa shape index (κ2) is 8.36.